The number of nitrogens with one attached hydrogen (secondary N) is 1. The molecule has 2 saturated heterocycles. The molecule has 0 amide bonds. The number of hydrogen-bond donors (Lipinski definition) is 1. The highest BCUT2D eigenvalue weighted by atomic mass is 16.6. The van der Waals surface area contributed by atoms with Crippen LogP contribution >= 0.6 is 0 Å². The second-order valence-corrected chi connectivity index (χ2v) is 7.68. The molecule has 2 atom stereocenters. The third-order valence-electron chi connectivity index (χ3n) is 5.78. The van der Waals surface area contributed by atoms with E-state index in [9.17, 15) is 14.4 Å². The molecule has 1 aromatic carbocycles. The van der Waals surface area contributed by atoms with E-state index in [-0.39, 0.29) is 18.0 Å². The number of hydrogen-bond acceptors (Lipinski definition) is 6. The summed E-state index contributed by atoms with van der Waals surface area (Å²) in [5.74, 6) is -2.66. The number of H-pyrrole nitrogens is 1. The minimum absolute atomic E-state index is 0.147. The van der Waals surface area contributed by atoms with Crippen LogP contribution in [0.4, 0.5) is 0 Å². The summed E-state index contributed by atoms with van der Waals surface area (Å²) in [4.78, 5) is 42.8. The van der Waals surface area contributed by atoms with Gasteiger partial charge in [0, 0.05) is 36.6 Å². The van der Waals surface area contributed by atoms with Gasteiger partial charge in [-0.15, -0.1) is 0 Å². The Labute approximate surface area is 169 Å². The summed E-state index contributed by atoms with van der Waals surface area (Å²) in [6.07, 6.45) is 2.94. The van der Waals surface area contributed by atoms with Gasteiger partial charge >= 0.3 is 5.97 Å². The molecule has 29 heavy (non-hydrogen) atoms. The Kier molecular flexibility index (Phi) is 6.06. The van der Waals surface area contributed by atoms with Crippen molar-refractivity contribution in [1.29, 1.82) is 0 Å². The molecule has 1 N–H and O–H groups in total. The summed E-state index contributed by atoms with van der Waals surface area (Å²) >= 11 is 0. The zero-order valence-electron chi connectivity index (χ0n) is 16.4. The van der Waals surface area contributed by atoms with Crippen molar-refractivity contribution >= 4 is 28.4 Å². The first-order chi connectivity index (χ1) is 14.1. The number of cyclic esters (lactones) is 1. The lowest BCUT2D eigenvalue weighted by molar-refractivity contribution is -0.147. The summed E-state index contributed by atoms with van der Waals surface area (Å²) < 4.78 is 10.6. The highest BCUT2D eigenvalue weighted by molar-refractivity contribution is 6.21. The minimum Gasteiger partial charge on any atom is -0.453 e. The molecule has 2 fully saturated rings. The fourth-order valence-corrected chi connectivity index (χ4v) is 4.13. The van der Waals surface area contributed by atoms with Crippen molar-refractivity contribution in [3.63, 3.8) is 0 Å². The number of carbonyl (C=O) groups excluding carboxylic acids is 3. The zero-order chi connectivity index (χ0) is 20.2. The van der Waals surface area contributed by atoms with Gasteiger partial charge in [-0.1, -0.05) is 18.2 Å². The molecular formula is C22H26N2O5. The zero-order valence-corrected chi connectivity index (χ0v) is 16.4. The van der Waals surface area contributed by atoms with E-state index < -0.39 is 18.0 Å². The molecule has 0 aliphatic carbocycles. The average Bonchev–Trinajstić information content (AvgIpc) is 3.27. The highest BCUT2D eigenvalue weighted by Gasteiger charge is 2.46. The molecule has 0 bridgehead atoms. The van der Waals surface area contributed by atoms with Crippen molar-refractivity contribution in [2.75, 3.05) is 32.8 Å². The maximum atomic E-state index is 12.6. The fraction of sp³-hybridized carbons (Fsp3) is 0.500. The van der Waals surface area contributed by atoms with E-state index in [0.29, 0.717) is 12.8 Å². The first-order valence-electron chi connectivity index (χ1n) is 10.3. The Morgan fingerprint density at radius 1 is 1.17 bits per heavy atom. The van der Waals surface area contributed by atoms with Crippen LogP contribution in [0.3, 0.4) is 0 Å². The van der Waals surface area contributed by atoms with Gasteiger partial charge in [0.1, 0.15) is 0 Å². The molecule has 4 rings (SSSR count). The van der Waals surface area contributed by atoms with Gasteiger partial charge in [-0.25, -0.2) is 0 Å². The smallest absolute Gasteiger partial charge is 0.325 e. The molecule has 7 nitrogen and oxygen atoms in total. The molecule has 154 valence electrons. The van der Waals surface area contributed by atoms with E-state index in [0.717, 1.165) is 55.7 Å². The second-order valence-electron chi connectivity index (χ2n) is 7.68. The van der Waals surface area contributed by atoms with Crippen LogP contribution in [0, 0.1) is 5.92 Å². The number of esters is 1. The molecule has 7 heteroatoms. The van der Waals surface area contributed by atoms with Crippen LogP contribution in [-0.2, 0) is 30.3 Å². The minimum atomic E-state index is -1.26. The summed E-state index contributed by atoms with van der Waals surface area (Å²) in [5.41, 5.74) is 2.02. The Morgan fingerprint density at radius 2 is 1.97 bits per heavy atom. The van der Waals surface area contributed by atoms with E-state index in [2.05, 4.69) is 9.88 Å². The number of ketones is 2. The van der Waals surface area contributed by atoms with E-state index in [1.54, 1.807) is 0 Å². The van der Waals surface area contributed by atoms with Gasteiger partial charge < -0.3 is 14.5 Å². The van der Waals surface area contributed by atoms with Gasteiger partial charge in [0.05, 0.1) is 13.2 Å². The van der Waals surface area contributed by atoms with Crippen molar-refractivity contribution < 1.29 is 23.9 Å². The Bertz CT molecular complexity index is 899. The number of ether oxygens (including phenoxy) is 2. The number of aromatic nitrogens is 1. The number of Topliss-reactive ketones (excluding diaryl/α,β-unsaturated/α-hetero) is 2. The number of benzene rings is 1. The van der Waals surface area contributed by atoms with Crippen molar-refractivity contribution in [1.82, 2.24) is 9.88 Å². The first kappa shape index (κ1) is 19.8. The largest absolute Gasteiger partial charge is 0.453 e. The molecular weight excluding hydrogens is 372 g/mol. The van der Waals surface area contributed by atoms with E-state index >= 15 is 0 Å². The lowest BCUT2D eigenvalue weighted by Gasteiger charge is -2.26. The highest BCUT2D eigenvalue weighted by Crippen LogP contribution is 2.25. The van der Waals surface area contributed by atoms with E-state index in [1.807, 2.05) is 30.5 Å². The van der Waals surface area contributed by atoms with Crippen LogP contribution in [0.2, 0.25) is 0 Å². The van der Waals surface area contributed by atoms with Crippen LogP contribution in [0.1, 0.15) is 24.8 Å². The lowest BCUT2D eigenvalue weighted by Crippen LogP contribution is -2.37. The van der Waals surface area contributed by atoms with Crippen LogP contribution in [0.25, 0.3) is 10.9 Å². The monoisotopic (exact) mass is 398 g/mol. The standard InChI is InChI=1S/C22H26N2O5/c25-18(8-7-15-14-23-17-5-2-1-4-16(15)17)20-21(26)19(29-22(20)27)6-3-9-24-10-12-28-13-11-24/h1-2,4-5,14,19-20,23H,3,6-13H2. The summed E-state index contributed by atoms with van der Waals surface area (Å²) in [5, 5.41) is 1.06. The summed E-state index contributed by atoms with van der Waals surface area (Å²) in [6, 6.07) is 7.85. The Balaban J connectivity index is 1.29. The van der Waals surface area contributed by atoms with Crippen molar-refractivity contribution in [2.45, 2.75) is 31.8 Å². The van der Waals surface area contributed by atoms with Crippen LogP contribution in [-0.4, -0.2) is 66.4 Å². The van der Waals surface area contributed by atoms with Crippen LogP contribution in [0.15, 0.2) is 30.5 Å². The quantitative estimate of drug-likeness (QED) is 0.540. The number of morpholine rings is 1. The number of aromatic amines is 1. The molecule has 0 spiro atoms. The Hall–Kier alpha value is -2.51. The molecule has 0 saturated carbocycles. The fourth-order valence-electron chi connectivity index (χ4n) is 4.13. The molecule has 2 aliphatic heterocycles. The normalized spacial score (nSPS) is 22.9. The predicted octanol–water partition coefficient (Wildman–Crippen LogP) is 1.89. The molecule has 2 aliphatic rings. The van der Waals surface area contributed by atoms with Crippen molar-refractivity contribution in [3.05, 3.63) is 36.0 Å². The number of aryl methyl sites for hydroxylation is 1. The summed E-state index contributed by atoms with van der Waals surface area (Å²) in [7, 11) is 0. The van der Waals surface area contributed by atoms with Crippen LogP contribution in [0.5, 0.6) is 0 Å². The third kappa shape index (κ3) is 4.41. The van der Waals surface area contributed by atoms with E-state index in [4.69, 9.17) is 9.47 Å². The van der Waals surface area contributed by atoms with Crippen molar-refractivity contribution in [3.8, 4) is 0 Å². The average molecular weight is 398 g/mol. The maximum absolute atomic E-state index is 12.6. The van der Waals surface area contributed by atoms with E-state index in [1.165, 1.54) is 0 Å². The SMILES string of the molecule is O=C(CCc1c[nH]c2ccccc12)C1C(=O)OC(CCCN2CCOCC2)C1=O. The molecule has 0 radical (unpaired) electrons. The number of carbonyl (C=O) groups is 3. The molecule has 2 aromatic rings. The molecule has 3 heterocycles. The molecule has 1 aromatic heterocycles. The van der Waals surface area contributed by atoms with Crippen LogP contribution < -0.4 is 0 Å². The van der Waals surface area contributed by atoms with Gasteiger partial charge in [0.25, 0.3) is 0 Å². The number of fused-ring (bicyclic) bond motifs is 1. The first-order valence-corrected chi connectivity index (χ1v) is 10.3. The van der Waals surface area contributed by atoms with Gasteiger partial charge in [0.15, 0.2) is 23.6 Å². The van der Waals surface area contributed by atoms with Crippen molar-refractivity contribution in [2.24, 2.45) is 5.92 Å². The van der Waals surface area contributed by atoms with Gasteiger partial charge in [-0.3, -0.25) is 19.3 Å². The van der Waals surface area contributed by atoms with Gasteiger partial charge in [0.2, 0.25) is 0 Å². The predicted molar refractivity (Wildman–Crippen MR) is 106 cm³/mol. The molecule has 2 unspecified atom stereocenters. The lowest BCUT2D eigenvalue weighted by atomic mass is 9.93. The number of nitrogens with zero attached hydrogens (tertiary/aromatic N) is 1. The third-order valence-corrected chi connectivity index (χ3v) is 5.78. The summed E-state index contributed by atoms with van der Waals surface area (Å²) in [6.45, 7) is 4.05. The maximum Gasteiger partial charge on any atom is 0.325 e. The van der Waals surface area contributed by atoms with Gasteiger partial charge in [-0.2, -0.15) is 0 Å². The number of rotatable bonds is 8. The Morgan fingerprint density at radius 3 is 2.79 bits per heavy atom. The van der Waals surface area contributed by atoms with Gasteiger partial charge in [-0.05, 0) is 37.4 Å². The number of para-hydroxylation sites is 1. The second kappa shape index (κ2) is 8.88. The topological polar surface area (TPSA) is 88.7 Å².